The number of carbonyl (C=O) groups excluding carboxylic acids is 1. The van der Waals surface area contributed by atoms with E-state index >= 15 is 0 Å². The minimum atomic E-state index is -0.0253. The van der Waals surface area contributed by atoms with Crippen LogP contribution in [0.4, 0.5) is 0 Å². The van der Waals surface area contributed by atoms with Gasteiger partial charge in [-0.25, -0.2) is 4.98 Å². The zero-order valence-corrected chi connectivity index (χ0v) is 19.8. The van der Waals surface area contributed by atoms with Crippen LogP contribution in [0.25, 0.3) is 10.6 Å². The van der Waals surface area contributed by atoms with Crippen molar-refractivity contribution in [3.8, 4) is 22.1 Å². The largest absolute Gasteiger partial charge is 0.493 e. The number of nitrogens with zero attached hydrogens (tertiary/aromatic N) is 3. The Kier molecular flexibility index (Phi) is 7.29. The third-order valence-corrected chi connectivity index (χ3v) is 6.68. The minimum Gasteiger partial charge on any atom is -0.493 e. The lowest BCUT2D eigenvalue weighted by Crippen LogP contribution is -2.35. The Morgan fingerprint density at radius 3 is 2.62 bits per heavy atom. The maximum atomic E-state index is 13.2. The molecule has 168 valence electrons. The van der Waals surface area contributed by atoms with Crippen LogP contribution in [0.3, 0.4) is 0 Å². The van der Waals surface area contributed by atoms with Crippen LogP contribution in [0.5, 0.6) is 11.5 Å². The van der Waals surface area contributed by atoms with Gasteiger partial charge in [-0.3, -0.25) is 9.69 Å². The Morgan fingerprint density at radius 1 is 1.06 bits per heavy atom. The molecular weight excluding hydrogens is 446 g/mol. The number of rotatable bonds is 6. The molecule has 0 atom stereocenters. The Hall–Kier alpha value is -2.61. The smallest absolute Gasteiger partial charge is 0.273 e. The van der Waals surface area contributed by atoms with Crippen molar-refractivity contribution in [1.82, 2.24) is 14.8 Å². The summed E-state index contributed by atoms with van der Waals surface area (Å²) < 4.78 is 10.9. The van der Waals surface area contributed by atoms with Gasteiger partial charge in [0, 0.05) is 43.1 Å². The van der Waals surface area contributed by atoms with E-state index in [0.29, 0.717) is 23.7 Å². The molecular formula is C24H26ClN3O3S. The van der Waals surface area contributed by atoms with Gasteiger partial charge in [0.25, 0.3) is 5.91 Å². The monoisotopic (exact) mass is 471 g/mol. The number of thiazole rings is 1. The van der Waals surface area contributed by atoms with E-state index in [1.54, 1.807) is 14.2 Å². The lowest BCUT2D eigenvalue weighted by molar-refractivity contribution is 0.0756. The molecule has 1 aliphatic rings. The van der Waals surface area contributed by atoms with E-state index in [4.69, 9.17) is 21.1 Å². The van der Waals surface area contributed by atoms with E-state index in [1.165, 1.54) is 16.9 Å². The fourth-order valence-corrected chi connectivity index (χ4v) is 4.83. The number of carbonyl (C=O) groups is 1. The van der Waals surface area contributed by atoms with Crippen molar-refractivity contribution < 1.29 is 14.3 Å². The van der Waals surface area contributed by atoms with Gasteiger partial charge in [0.1, 0.15) is 10.7 Å². The summed E-state index contributed by atoms with van der Waals surface area (Å²) in [5.41, 5.74) is 2.52. The molecule has 1 fully saturated rings. The standard InChI is InChI=1S/C24H26ClN3O3S/c1-30-21-6-3-5-19(22(21)31-2)23-26-20(16-32-23)24(29)28-12-4-11-27(13-14-28)15-17-7-9-18(25)10-8-17/h3,5-10,16H,4,11-15H2,1-2H3. The second kappa shape index (κ2) is 10.3. The third kappa shape index (κ3) is 5.06. The summed E-state index contributed by atoms with van der Waals surface area (Å²) in [6.45, 7) is 4.05. The van der Waals surface area contributed by atoms with Crippen LogP contribution < -0.4 is 9.47 Å². The van der Waals surface area contributed by atoms with Gasteiger partial charge in [-0.1, -0.05) is 29.8 Å². The summed E-state index contributed by atoms with van der Waals surface area (Å²) in [6, 6.07) is 13.6. The van der Waals surface area contributed by atoms with E-state index in [-0.39, 0.29) is 5.91 Å². The Morgan fingerprint density at radius 2 is 1.88 bits per heavy atom. The maximum Gasteiger partial charge on any atom is 0.273 e. The first-order chi connectivity index (χ1) is 15.6. The van der Waals surface area contributed by atoms with Crippen molar-refractivity contribution in [2.45, 2.75) is 13.0 Å². The normalized spacial score (nSPS) is 14.8. The minimum absolute atomic E-state index is 0.0253. The zero-order chi connectivity index (χ0) is 22.5. The summed E-state index contributed by atoms with van der Waals surface area (Å²) in [5.74, 6) is 1.24. The van der Waals surface area contributed by atoms with Crippen molar-refractivity contribution in [2.24, 2.45) is 0 Å². The highest BCUT2D eigenvalue weighted by atomic mass is 35.5. The summed E-state index contributed by atoms with van der Waals surface area (Å²) >= 11 is 7.43. The molecule has 6 nitrogen and oxygen atoms in total. The van der Waals surface area contributed by atoms with E-state index in [9.17, 15) is 4.79 Å². The molecule has 1 saturated heterocycles. The Bertz CT molecular complexity index is 1070. The van der Waals surface area contributed by atoms with Crippen molar-refractivity contribution in [3.63, 3.8) is 0 Å². The number of halogens is 1. The molecule has 0 aliphatic carbocycles. The average molecular weight is 472 g/mol. The van der Waals surface area contributed by atoms with Crippen LogP contribution in [-0.4, -0.2) is 61.1 Å². The number of hydrogen-bond donors (Lipinski definition) is 0. The highest BCUT2D eigenvalue weighted by Gasteiger charge is 2.23. The van der Waals surface area contributed by atoms with Crippen LogP contribution >= 0.6 is 22.9 Å². The van der Waals surface area contributed by atoms with Gasteiger partial charge in [0.05, 0.1) is 19.8 Å². The number of ether oxygens (including phenoxy) is 2. The number of para-hydroxylation sites is 1. The van der Waals surface area contributed by atoms with Crippen molar-refractivity contribution >= 4 is 28.8 Å². The predicted molar refractivity (Wildman–Crippen MR) is 128 cm³/mol. The van der Waals surface area contributed by atoms with Crippen LogP contribution in [0.15, 0.2) is 47.8 Å². The third-order valence-electron chi connectivity index (χ3n) is 5.55. The highest BCUT2D eigenvalue weighted by Crippen LogP contribution is 2.39. The van der Waals surface area contributed by atoms with Crippen LogP contribution in [0, 0.1) is 0 Å². The molecule has 3 aromatic rings. The summed E-state index contributed by atoms with van der Waals surface area (Å²) in [4.78, 5) is 22.1. The number of benzene rings is 2. The predicted octanol–water partition coefficient (Wildman–Crippen LogP) is 4.83. The molecule has 0 unspecified atom stereocenters. The summed E-state index contributed by atoms with van der Waals surface area (Å²) in [7, 11) is 3.21. The molecule has 1 aromatic heterocycles. The number of methoxy groups -OCH3 is 2. The van der Waals surface area contributed by atoms with Gasteiger partial charge in [0.2, 0.25) is 0 Å². The molecule has 2 aromatic carbocycles. The number of hydrogen-bond acceptors (Lipinski definition) is 6. The first-order valence-electron chi connectivity index (χ1n) is 10.5. The lowest BCUT2D eigenvalue weighted by atomic mass is 10.2. The van der Waals surface area contributed by atoms with Gasteiger partial charge in [-0.2, -0.15) is 0 Å². The Labute approximate surface area is 197 Å². The zero-order valence-electron chi connectivity index (χ0n) is 18.2. The molecule has 32 heavy (non-hydrogen) atoms. The SMILES string of the molecule is COc1cccc(-c2nc(C(=O)N3CCCN(Cc4ccc(Cl)cc4)CC3)cs2)c1OC. The molecule has 0 spiro atoms. The quantitative estimate of drug-likeness (QED) is 0.515. The molecule has 0 saturated carbocycles. The van der Waals surface area contributed by atoms with E-state index in [0.717, 1.165) is 48.2 Å². The van der Waals surface area contributed by atoms with Crippen LogP contribution in [0.2, 0.25) is 5.02 Å². The second-order valence-electron chi connectivity index (χ2n) is 7.63. The van der Waals surface area contributed by atoms with E-state index in [1.807, 2.05) is 40.6 Å². The highest BCUT2D eigenvalue weighted by molar-refractivity contribution is 7.13. The van der Waals surface area contributed by atoms with Crippen LogP contribution in [0.1, 0.15) is 22.5 Å². The second-order valence-corrected chi connectivity index (χ2v) is 8.92. The van der Waals surface area contributed by atoms with E-state index < -0.39 is 0 Å². The average Bonchev–Trinajstić information content (AvgIpc) is 3.20. The molecule has 0 N–H and O–H groups in total. The Balaban J connectivity index is 1.43. The molecule has 8 heteroatoms. The summed E-state index contributed by atoms with van der Waals surface area (Å²) in [5, 5.41) is 3.31. The van der Waals surface area contributed by atoms with Crippen LogP contribution in [-0.2, 0) is 6.54 Å². The fraction of sp³-hybridized carbons (Fsp3) is 0.333. The van der Waals surface area contributed by atoms with Gasteiger partial charge in [0.15, 0.2) is 11.5 Å². The molecule has 0 radical (unpaired) electrons. The molecule has 2 heterocycles. The van der Waals surface area contributed by atoms with Crippen molar-refractivity contribution in [3.05, 3.63) is 64.1 Å². The van der Waals surface area contributed by atoms with Crippen molar-refractivity contribution in [2.75, 3.05) is 40.4 Å². The topological polar surface area (TPSA) is 54.9 Å². The number of amides is 1. The first-order valence-corrected chi connectivity index (χ1v) is 11.8. The van der Waals surface area contributed by atoms with Crippen molar-refractivity contribution in [1.29, 1.82) is 0 Å². The van der Waals surface area contributed by atoms with Gasteiger partial charge >= 0.3 is 0 Å². The lowest BCUT2D eigenvalue weighted by Gasteiger charge is -2.21. The fourth-order valence-electron chi connectivity index (χ4n) is 3.89. The number of aromatic nitrogens is 1. The molecule has 0 bridgehead atoms. The summed E-state index contributed by atoms with van der Waals surface area (Å²) in [6.07, 6.45) is 0.931. The maximum absolute atomic E-state index is 13.2. The van der Waals surface area contributed by atoms with E-state index in [2.05, 4.69) is 22.0 Å². The van der Waals surface area contributed by atoms with Gasteiger partial charge < -0.3 is 14.4 Å². The van der Waals surface area contributed by atoms with Gasteiger partial charge in [-0.05, 0) is 36.2 Å². The molecule has 1 amide bonds. The molecule has 4 rings (SSSR count). The van der Waals surface area contributed by atoms with Gasteiger partial charge in [-0.15, -0.1) is 11.3 Å². The molecule has 1 aliphatic heterocycles. The first kappa shape index (κ1) is 22.6.